The van der Waals surface area contributed by atoms with Gasteiger partial charge in [-0.25, -0.2) is 0 Å². The molecule has 3 nitrogen and oxygen atoms in total. The molecule has 1 heterocycles. The Labute approximate surface area is 166 Å². The highest BCUT2D eigenvalue weighted by molar-refractivity contribution is 6.31. The molecule has 0 aliphatic carbocycles. The molecule has 1 N–H and O–H groups in total. The van der Waals surface area contributed by atoms with Crippen molar-refractivity contribution in [2.45, 2.75) is 26.3 Å². The fourth-order valence-corrected chi connectivity index (χ4v) is 3.96. The fraction of sp³-hybridized carbons (Fsp3) is 0.400. The van der Waals surface area contributed by atoms with Crippen molar-refractivity contribution >= 4 is 30.8 Å². The summed E-state index contributed by atoms with van der Waals surface area (Å²) < 4.78 is 5.81. The van der Waals surface area contributed by atoms with Crippen molar-refractivity contribution in [1.82, 2.24) is 10.1 Å². The van der Waals surface area contributed by atoms with Crippen LogP contribution in [-0.4, -0.2) is 38.7 Å². The van der Waals surface area contributed by atoms with Crippen LogP contribution in [0.5, 0.6) is 0 Å². The third-order valence-electron chi connectivity index (χ3n) is 5.23. The van der Waals surface area contributed by atoms with Crippen LogP contribution in [0.1, 0.15) is 29.2 Å². The topological polar surface area (TPSA) is 24.5 Å². The van der Waals surface area contributed by atoms with E-state index in [0.717, 1.165) is 51.9 Å². The van der Waals surface area contributed by atoms with E-state index in [0.29, 0.717) is 14.2 Å². The molecule has 138 valence electrons. The number of nitrogens with zero attached hydrogens (tertiary/aromatic N) is 1. The number of piperazine rings is 1. The van der Waals surface area contributed by atoms with E-state index in [2.05, 4.69) is 46.5 Å². The lowest BCUT2D eigenvalue weighted by molar-refractivity contribution is 0.158. The van der Waals surface area contributed by atoms with Gasteiger partial charge in [-0.15, -0.1) is 0 Å². The largest absolute Gasteiger partial charge is 0.424 e. The van der Waals surface area contributed by atoms with Crippen molar-refractivity contribution in [3.8, 4) is 0 Å². The molecule has 1 fully saturated rings. The van der Waals surface area contributed by atoms with E-state index < -0.39 is 0 Å². The highest BCUT2D eigenvalue weighted by atomic mass is 35.5. The molecular formula is C20H25BCl2N2O. The quantitative estimate of drug-likeness (QED) is 0.779. The van der Waals surface area contributed by atoms with Crippen LogP contribution in [-0.2, 0) is 10.2 Å². The number of aryl methyl sites for hydroxylation is 2. The molecule has 6 heteroatoms. The molecule has 0 amide bonds. The first-order chi connectivity index (χ1) is 12.5. The van der Waals surface area contributed by atoms with Crippen molar-refractivity contribution in [3.05, 3.63) is 68.7 Å². The van der Waals surface area contributed by atoms with Crippen molar-refractivity contribution in [1.29, 1.82) is 0 Å². The van der Waals surface area contributed by atoms with Gasteiger partial charge in [0.1, 0.15) is 0 Å². The maximum Gasteiger partial charge on any atom is 0.364 e. The van der Waals surface area contributed by atoms with E-state index in [4.69, 9.17) is 27.9 Å². The zero-order chi connectivity index (χ0) is 18.7. The van der Waals surface area contributed by atoms with Gasteiger partial charge in [0.25, 0.3) is 0 Å². The van der Waals surface area contributed by atoms with Crippen LogP contribution in [0.25, 0.3) is 0 Å². The molecule has 1 aliphatic rings. The molecule has 26 heavy (non-hydrogen) atoms. The third kappa shape index (κ3) is 3.67. The van der Waals surface area contributed by atoms with Gasteiger partial charge in [0, 0.05) is 36.3 Å². The molecule has 0 aromatic heterocycles. The van der Waals surface area contributed by atoms with Crippen LogP contribution in [0.4, 0.5) is 0 Å². The fourth-order valence-electron chi connectivity index (χ4n) is 3.60. The summed E-state index contributed by atoms with van der Waals surface area (Å²) >= 11 is 13.0. The first kappa shape index (κ1) is 19.7. The van der Waals surface area contributed by atoms with Gasteiger partial charge < -0.3 is 14.8 Å². The Morgan fingerprint density at radius 3 is 2.15 bits per heavy atom. The van der Waals surface area contributed by atoms with E-state index in [-0.39, 0.29) is 5.54 Å². The summed E-state index contributed by atoms with van der Waals surface area (Å²) in [5, 5.41) is 5.12. The van der Waals surface area contributed by atoms with Gasteiger partial charge in [-0.3, -0.25) is 0 Å². The van der Waals surface area contributed by atoms with Gasteiger partial charge in [0.2, 0.25) is 0 Å². The minimum Gasteiger partial charge on any atom is -0.424 e. The number of halogens is 2. The zero-order valence-corrected chi connectivity index (χ0v) is 17.1. The first-order valence-electron chi connectivity index (χ1n) is 9.06. The lowest BCUT2D eigenvalue weighted by Gasteiger charge is -2.48. The third-order valence-corrected chi connectivity index (χ3v) is 6.04. The monoisotopic (exact) mass is 390 g/mol. The summed E-state index contributed by atoms with van der Waals surface area (Å²) in [7, 11) is 0.565. The smallest absolute Gasteiger partial charge is 0.364 e. The van der Waals surface area contributed by atoms with Crippen LogP contribution in [0, 0.1) is 13.8 Å². The predicted octanol–water partition coefficient (Wildman–Crippen LogP) is 4.06. The van der Waals surface area contributed by atoms with Crippen molar-refractivity contribution in [2.75, 3.05) is 26.2 Å². The highest BCUT2D eigenvalue weighted by Gasteiger charge is 2.42. The van der Waals surface area contributed by atoms with Gasteiger partial charge >= 0.3 is 7.62 Å². The van der Waals surface area contributed by atoms with E-state index in [1.54, 1.807) is 0 Å². The summed E-state index contributed by atoms with van der Waals surface area (Å²) in [5.74, 6) is 0. The Balaban J connectivity index is 2.18. The van der Waals surface area contributed by atoms with Gasteiger partial charge in [-0.2, -0.15) is 0 Å². The zero-order valence-electron chi connectivity index (χ0n) is 15.6. The summed E-state index contributed by atoms with van der Waals surface area (Å²) in [4.78, 5) is 2.38. The molecule has 1 saturated heterocycles. The number of hydrogen-bond donors (Lipinski definition) is 1. The predicted molar refractivity (Wildman–Crippen MR) is 112 cm³/mol. The van der Waals surface area contributed by atoms with E-state index in [1.165, 1.54) is 0 Å². The number of hydrogen-bond acceptors (Lipinski definition) is 3. The van der Waals surface area contributed by atoms with E-state index >= 15 is 0 Å². The van der Waals surface area contributed by atoms with E-state index in [9.17, 15) is 0 Å². The Morgan fingerprint density at radius 2 is 1.65 bits per heavy atom. The number of rotatable bonds is 5. The van der Waals surface area contributed by atoms with Gasteiger partial charge in [0.05, 0.1) is 5.54 Å². The second kappa shape index (κ2) is 8.32. The summed E-state index contributed by atoms with van der Waals surface area (Å²) in [5.41, 5.74) is 4.09. The molecule has 2 aromatic rings. The molecule has 2 aromatic carbocycles. The number of nitrogens with one attached hydrogen (secondary N) is 1. The Hall–Kier alpha value is -1.04. The lowest BCUT2D eigenvalue weighted by atomic mass is 9.76. The molecule has 0 unspecified atom stereocenters. The van der Waals surface area contributed by atoms with Crippen molar-refractivity contribution < 1.29 is 4.65 Å². The maximum absolute atomic E-state index is 6.49. The molecule has 0 spiro atoms. The molecular weight excluding hydrogens is 366 g/mol. The molecule has 0 saturated carbocycles. The van der Waals surface area contributed by atoms with Crippen LogP contribution >= 0.6 is 23.2 Å². The lowest BCUT2D eigenvalue weighted by Crippen LogP contribution is -2.61. The van der Waals surface area contributed by atoms with E-state index in [1.807, 2.05) is 20.8 Å². The standard InChI is InChI=1S/C20H25BCl2N2O/c1-4-26-21-25-10-9-24-13-20(25,16-7-5-14(2)18(22)11-16)17-8-6-15(3)19(23)12-17/h5-8,11-12,21,24H,4,9-10,13H2,1-3H3. The minimum atomic E-state index is -0.373. The molecule has 0 bridgehead atoms. The van der Waals surface area contributed by atoms with Gasteiger partial charge in [0.15, 0.2) is 0 Å². The van der Waals surface area contributed by atoms with Gasteiger partial charge in [-0.1, -0.05) is 47.5 Å². The summed E-state index contributed by atoms with van der Waals surface area (Å²) in [6.07, 6.45) is 0. The van der Waals surface area contributed by atoms with Gasteiger partial charge in [-0.05, 0) is 55.2 Å². The molecule has 0 atom stereocenters. The van der Waals surface area contributed by atoms with Crippen LogP contribution < -0.4 is 5.32 Å². The maximum atomic E-state index is 6.49. The average molecular weight is 391 g/mol. The molecule has 0 radical (unpaired) electrons. The summed E-state index contributed by atoms with van der Waals surface area (Å²) in [6, 6.07) is 12.7. The SMILES string of the molecule is CCOBN1CCNCC1(c1ccc(C)c(Cl)c1)c1ccc(C)c(Cl)c1. The first-order valence-corrected chi connectivity index (χ1v) is 9.81. The van der Waals surface area contributed by atoms with Crippen LogP contribution in [0.3, 0.4) is 0 Å². The highest BCUT2D eigenvalue weighted by Crippen LogP contribution is 2.39. The Morgan fingerprint density at radius 1 is 1.08 bits per heavy atom. The van der Waals surface area contributed by atoms with Crippen LogP contribution in [0.2, 0.25) is 10.0 Å². The number of benzene rings is 2. The second-order valence-electron chi connectivity index (χ2n) is 6.85. The Kier molecular flexibility index (Phi) is 6.31. The van der Waals surface area contributed by atoms with Crippen molar-refractivity contribution in [3.63, 3.8) is 0 Å². The molecule has 1 aliphatic heterocycles. The second-order valence-corrected chi connectivity index (χ2v) is 7.66. The normalized spacial score (nSPS) is 17.3. The average Bonchev–Trinajstić information content (AvgIpc) is 2.64. The van der Waals surface area contributed by atoms with Crippen LogP contribution in [0.15, 0.2) is 36.4 Å². The minimum absolute atomic E-state index is 0.373. The van der Waals surface area contributed by atoms with Crippen molar-refractivity contribution in [2.24, 2.45) is 0 Å². The Bertz CT molecular complexity index is 733. The summed E-state index contributed by atoms with van der Waals surface area (Å²) in [6.45, 7) is 9.35. The molecule has 3 rings (SSSR count).